The number of aryl methyl sites for hydroxylation is 1. The van der Waals surface area contributed by atoms with Crippen molar-refractivity contribution in [1.82, 2.24) is 14.9 Å². The van der Waals surface area contributed by atoms with Gasteiger partial charge < -0.3 is 14.7 Å². The smallest absolute Gasteiger partial charge is 0.261 e. The first-order valence-corrected chi connectivity index (χ1v) is 8.55. The van der Waals surface area contributed by atoms with Crippen LogP contribution in [0.2, 0.25) is 0 Å². The third kappa shape index (κ3) is 2.70. The van der Waals surface area contributed by atoms with Gasteiger partial charge in [0.1, 0.15) is 5.76 Å². The molecule has 1 aliphatic rings. The molecular weight excluding hydrogens is 338 g/mol. The molecule has 4 rings (SSSR count). The van der Waals surface area contributed by atoms with E-state index >= 15 is 0 Å². The molecule has 1 aliphatic carbocycles. The lowest BCUT2D eigenvalue weighted by Gasteiger charge is -2.22. The quantitative estimate of drug-likeness (QED) is 0.693. The summed E-state index contributed by atoms with van der Waals surface area (Å²) in [4.78, 5) is 27.9. The molecule has 1 amide bonds. The van der Waals surface area contributed by atoms with Crippen molar-refractivity contribution >= 4 is 29.0 Å². The minimum atomic E-state index is -0.180. The number of carbonyl (C=O) groups is 1. The molecule has 25 heavy (non-hydrogen) atoms. The SMILES string of the molecule is Cn1c(=S)[nH]c2cc(C(=O)N[C@H]3CCCc4occc43)ccc2c1=O. The van der Waals surface area contributed by atoms with E-state index in [-0.39, 0.29) is 17.5 Å². The molecule has 0 spiro atoms. The Kier molecular flexibility index (Phi) is 3.80. The zero-order valence-electron chi connectivity index (χ0n) is 13.7. The largest absolute Gasteiger partial charge is 0.469 e. The van der Waals surface area contributed by atoms with E-state index < -0.39 is 0 Å². The first kappa shape index (κ1) is 15.8. The van der Waals surface area contributed by atoms with E-state index in [2.05, 4.69) is 10.3 Å². The molecule has 2 aromatic heterocycles. The van der Waals surface area contributed by atoms with E-state index in [1.165, 1.54) is 4.57 Å². The second-order valence-corrected chi connectivity index (χ2v) is 6.66. The Morgan fingerprint density at radius 2 is 2.24 bits per heavy atom. The van der Waals surface area contributed by atoms with Gasteiger partial charge in [-0.15, -0.1) is 0 Å². The lowest BCUT2D eigenvalue weighted by Crippen LogP contribution is -2.30. The minimum Gasteiger partial charge on any atom is -0.469 e. The van der Waals surface area contributed by atoms with Crippen molar-refractivity contribution in [2.45, 2.75) is 25.3 Å². The molecule has 0 unspecified atom stereocenters. The molecule has 1 aromatic carbocycles. The van der Waals surface area contributed by atoms with Crippen LogP contribution in [-0.4, -0.2) is 15.5 Å². The molecule has 3 aromatic rings. The lowest BCUT2D eigenvalue weighted by atomic mass is 9.93. The van der Waals surface area contributed by atoms with Crippen molar-refractivity contribution in [2.24, 2.45) is 7.05 Å². The summed E-state index contributed by atoms with van der Waals surface area (Å²) >= 11 is 5.14. The van der Waals surface area contributed by atoms with E-state index in [1.807, 2.05) is 6.07 Å². The summed E-state index contributed by atoms with van der Waals surface area (Å²) in [5.74, 6) is 0.767. The fraction of sp³-hybridized carbons (Fsp3) is 0.278. The summed E-state index contributed by atoms with van der Waals surface area (Å²) in [5.41, 5.74) is 1.92. The number of aromatic nitrogens is 2. The summed E-state index contributed by atoms with van der Waals surface area (Å²) < 4.78 is 7.16. The summed E-state index contributed by atoms with van der Waals surface area (Å²) in [6, 6.07) is 6.85. The highest BCUT2D eigenvalue weighted by Gasteiger charge is 2.24. The highest BCUT2D eigenvalue weighted by Crippen LogP contribution is 2.30. The Balaban J connectivity index is 1.66. The first-order valence-electron chi connectivity index (χ1n) is 8.15. The number of nitrogens with zero attached hydrogens (tertiary/aromatic N) is 1. The van der Waals surface area contributed by atoms with Gasteiger partial charge in [0.05, 0.1) is 23.2 Å². The minimum absolute atomic E-state index is 0.0483. The van der Waals surface area contributed by atoms with Gasteiger partial charge in [0.2, 0.25) is 0 Å². The van der Waals surface area contributed by atoms with Crippen LogP contribution in [0.25, 0.3) is 10.9 Å². The molecule has 128 valence electrons. The van der Waals surface area contributed by atoms with E-state index in [9.17, 15) is 9.59 Å². The molecular formula is C18H17N3O3S. The Morgan fingerprint density at radius 1 is 1.40 bits per heavy atom. The Labute approximate surface area is 148 Å². The molecule has 2 N–H and O–H groups in total. The van der Waals surface area contributed by atoms with E-state index in [0.717, 1.165) is 30.6 Å². The maximum absolute atomic E-state index is 12.7. The Morgan fingerprint density at radius 3 is 3.08 bits per heavy atom. The van der Waals surface area contributed by atoms with Crippen molar-refractivity contribution in [3.05, 3.63) is 62.5 Å². The summed E-state index contributed by atoms with van der Waals surface area (Å²) in [6.07, 6.45) is 4.44. The number of rotatable bonds is 2. The number of fused-ring (bicyclic) bond motifs is 2. The first-order chi connectivity index (χ1) is 12.0. The maximum Gasteiger partial charge on any atom is 0.261 e. The number of carbonyl (C=O) groups excluding carboxylic acids is 1. The molecule has 7 heteroatoms. The molecule has 0 radical (unpaired) electrons. The summed E-state index contributed by atoms with van der Waals surface area (Å²) in [7, 11) is 1.62. The fourth-order valence-electron chi connectivity index (χ4n) is 3.33. The van der Waals surface area contributed by atoms with Crippen molar-refractivity contribution in [3.8, 4) is 0 Å². The molecule has 0 saturated carbocycles. The van der Waals surface area contributed by atoms with Crippen LogP contribution in [0.1, 0.15) is 40.6 Å². The van der Waals surface area contributed by atoms with Crippen molar-refractivity contribution < 1.29 is 9.21 Å². The van der Waals surface area contributed by atoms with Gasteiger partial charge in [0.25, 0.3) is 11.5 Å². The summed E-state index contributed by atoms with van der Waals surface area (Å²) in [6.45, 7) is 0. The standard InChI is InChI=1S/C18H17N3O3S/c1-21-17(23)12-6-5-10(9-14(12)20-18(21)25)16(22)19-13-3-2-4-15-11(13)7-8-24-15/h5-9,13H,2-4H2,1H3,(H,19,22)(H,20,25)/t13-/m0/s1. The van der Waals surface area contributed by atoms with Gasteiger partial charge in [0.15, 0.2) is 4.77 Å². The number of H-pyrrole nitrogens is 1. The van der Waals surface area contributed by atoms with Gasteiger partial charge in [-0.2, -0.15) is 0 Å². The van der Waals surface area contributed by atoms with Gasteiger partial charge in [-0.1, -0.05) is 0 Å². The van der Waals surface area contributed by atoms with Crippen LogP contribution in [0, 0.1) is 4.77 Å². The molecule has 2 heterocycles. The van der Waals surface area contributed by atoms with Crippen LogP contribution in [0.4, 0.5) is 0 Å². The van der Waals surface area contributed by atoms with Crippen LogP contribution in [-0.2, 0) is 13.5 Å². The molecule has 0 fully saturated rings. The third-order valence-corrected chi connectivity index (χ3v) is 5.10. The van der Waals surface area contributed by atoms with Crippen LogP contribution < -0.4 is 10.9 Å². The van der Waals surface area contributed by atoms with Gasteiger partial charge in [-0.05, 0) is 49.3 Å². The number of aromatic amines is 1. The van der Waals surface area contributed by atoms with Gasteiger partial charge >= 0.3 is 0 Å². The lowest BCUT2D eigenvalue weighted by molar-refractivity contribution is 0.0932. The second kappa shape index (κ2) is 6.00. The number of hydrogen-bond acceptors (Lipinski definition) is 4. The van der Waals surface area contributed by atoms with Gasteiger partial charge in [-0.25, -0.2) is 0 Å². The Bertz CT molecular complexity index is 1090. The average Bonchev–Trinajstić information content (AvgIpc) is 3.09. The van der Waals surface area contributed by atoms with Crippen LogP contribution in [0.3, 0.4) is 0 Å². The average molecular weight is 355 g/mol. The maximum atomic E-state index is 12.7. The number of benzene rings is 1. The molecule has 0 saturated heterocycles. The van der Waals surface area contributed by atoms with Crippen molar-refractivity contribution in [1.29, 1.82) is 0 Å². The Hall–Kier alpha value is -2.67. The van der Waals surface area contributed by atoms with Crippen molar-refractivity contribution in [3.63, 3.8) is 0 Å². The summed E-state index contributed by atoms with van der Waals surface area (Å²) in [5, 5.41) is 3.56. The second-order valence-electron chi connectivity index (χ2n) is 6.27. The molecule has 1 atom stereocenters. The number of hydrogen-bond donors (Lipinski definition) is 2. The highest BCUT2D eigenvalue weighted by molar-refractivity contribution is 7.71. The number of amides is 1. The van der Waals surface area contributed by atoms with Crippen LogP contribution >= 0.6 is 12.2 Å². The predicted octanol–water partition coefficient (Wildman–Crippen LogP) is 3.00. The number of nitrogens with one attached hydrogen (secondary N) is 2. The number of furan rings is 1. The van der Waals surface area contributed by atoms with Crippen LogP contribution in [0.15, 0.2) is 39.7 Å². The van der Waals surface area contributed by atoms with Crippen LogP contribution in [0.5, 0.6) is 0 Å². The fourth-order valence-corrected chi connectivity index (χ4v) is 3.52. The van der Waals surface area contributed by atoms with Gasteiger partial charge in [0, 0.05) is 24.6 Å². The molecule has 0 aliphatic heterocycles. The topological polar surface area (TPSA) is 80.0 Å². The van der Waals surface area contributed by atoms with Crippen molar-refractivity contribution in [2.75, 3.05) is 0 Å². The van der Waals surface area contributed by atoms with E-state index in [0.29, 0.717) is 21.2 Å². The highest BCUT2D eigenvalue weighted by atomic mass is 32.1. The predicted molar refractivity (Wildman–Crippen MR) is 96.2 cm³/mol. The molecule has 0 bridgehead atoms. The van der Waals surface area contributed by atoms with E-state index in [4.69, 9.17) is 16.6 Å². The van der Waals surface area contributed by atoms with Gasteiger partial charge in [-0.3, -0.25) is 14.2 Å². The molecule has 6 nitrogen and oxygen atoms in total. The normalized spacial score (nSPS) is 16.6. The third-order valence-electron chi connectivity index (χ3n) is 4.72. The zero-order valence-corrected chi connectivity index (χ0v) is 14.5. The monoisotopic (exact) mass is 355 g/mol. The van der Waals surface area contributed by atoms with E-state index in [1.54, 1.807) is 31.5 Å². The zero-order chi connectivity index (χ0) is 17.6.